The van der Waals surface area contributed by atoms with Crippen molar-refractivity contribution in [2.45, 2.75) is 32.2 Å². The van der Waals surface area contributed by atoms with Crippen molar-refractivity contribution in [3.8, 4) is 5.75 Å². The van der Waals surface area contributed by atoms with E-state index >= 15 is 0 Å². The second-order valence-corrected chi connectivity index (χ2v) is 6.46. The van der Waals surface area contributed by atoms with Crippen molar-refractivity contribution in [1.82, 2.24) is 10.3 Å². The summed E-state index contributed by atoms with van der Waals surface area (Å²) in [5.74, 6) is 0.585. The number of rotatable bonds is 4. The molecule has 1 fully saturated rings. The zero-order valence-corrected chi connectivity index (χ0v) is 15.6. The summed E-state index contributed by atoms with van der Waals surface area (Å²) in [6.45, 7) is 1.86. The van der Waals surface area contributed by atoms with Crippen molar-refractivity contribution < 1.29 is 9.53 Å². The first-order valence-electron chi connectivity index (χ1n) is 8.99. The second-order valence-electron chi connectivity index (χ2n) is 6.46. The molecule has 1 aliphatic carbocycles. The number of ether oxygens (including phenoxy) is 1. The summed E-state index contributed by atoms with van der Waals surface area (Å²) >= 11 is 0. The Morgan fingerprint density at radius 2 is 2.07 bits per heavy atom. The number of benzene rings is 1. The normalized spacial score (nSPS) is 19.9. The number of nitrogens with zero attached hydrogens (tertiary/aromatic N) is 2. The first-order valence-corrected chi connectivity index (χ1v) is 8.99. The Bertz CT molecular complexity index is 872. The monoisotopic (exact) mass is 364 g/mol. The Hall–Kier alpha value is -3.15. The lowest BCUT2D eigenvalue weighted by atomic mass is 9.88. The number of hydrogen-bond donors (Lipinski definition) is 2. The van der Waals surface area contributed by atoms with E-state index < -0.39 is 0 Å². The molecular weight excluding hydrogens is 340 g/mol. The zero-order chi connectivity index (χ0) is 19.2. The lowest BCUT2D eigenvalue weighted by Gasteiger charge is -2.27. The van der Waals surface area contributed by atoms with Gasteiger partial charge in [0.15, 0.2) is 0 Å². The molecule has 1 aliphatic rings. The molecule has 6 nitrogen and oxygen atoms in total. The average Bonchev–Trinajstić information content (AvgIpc) is 2.69. The molecule has 3 rings (SSSR count). The van der Waals surface area contributed by atoms with Gasteiger partial charge in [-0.05, 0) is 62.6 Å². The Labute approximate surface area is 159 Å². The highest BCUT2D eigenvalue weighted by atomic mass is 16.5. The third-order valence-electron chi connectivity index (χ3n) is 4.56. The molecule has 0 radical (unpaired) electrons. The van der Waals surface area contributed by atoms with Gasteiger partial charge in [0.05, 0.1) is 18.8 Å². The molecule has 1 aromatic heterocycles. The maximum absolute atomic E-state index is 12.6. The molecule has 3 N–H and O–H groups in total. The van der Waals surface area contributed by atoms with Crippen LogP contribution in [0.3, 0.4) is 0 Å². The largest absolute Gasteiger partial charge is 0.497 e. The van der Waals surface area contributed by atoms with Crippen molar-refractivity contribution in [3.05, 3.63) is 65.6 Å². The predicted molar refractivity (Wildman–Crippen MR) is 106 cm³/mol. The van der Waals surface area contributed by atoms with Gasteiger partial charge in [-0.3, -0.25) is 9.79 Å². The fourth-order valence-corrected chi connectivity index (χ4v) is 3.17. The van der Waals surface area contributed by atoms with Crippen LogP contribution >= 0.6 is 0 Å². The van der Waals surface area contributed by atoms with Crippen molar-refractivity contribution >= 4 is 17.3 Å². The topological polar surface area (TPSA) is 89.6 Å². The zero-order valence-electron chi connectivity index (χ0n) is 15.6. The Morgan fingerprint density at radius 1 is 1.30 bits per heavy atom. The fraction of sp³-hybridized carbons (Fsp3) is 0.286. The Balaban J connectivity index is 1.78. The summed E-state index contributed by atoms with van der Waals surface area (Å²) in [6, 6.07) is 12.8. The molecule has 1 saturated carbocycles. The molecule has 1 unspecified atom stereocenters. The Kier molecular flexibility index (Phi) is 5.86. The number of amides is 1. The molecule has 0 aliphatic heterocycles. The van der Waals surface area contributed by atoms with Crippen LogP contribution in [0.5, 0.6) is 5.75 Å². The minimum absolute atomic E-state index is 0.171. The highest BCUT2D eigenvalue weighted by Gasteiger charge is 2.26. The van der Waals surface area contributed by atoms with E-state index in [-0.39, 0.29) is 11.9 Å². The highest BCUT2D eigenvalue weighted by molar-refractivity contribution is 6.04. The Morgan fingerprint density at radius 3 is 2.74 bits per heavy atom. The van der Waals surface area contributed by atoms with Gasteiger partial charge in [0, 0.05) is 23.2 Å². The molecule has 1 heterocycles. The molecule has 27 heavy (non-hydrogen) atoms. The van der Waals surface area contributed by atoms with Crippen LogP contribution < -0.4 is 15.8 Å². The number of pyridine rings is 1. The van der Waals surface area contributed by atoms with E-state index in [1.54, 1.807) is 19.4 Å². The SMILES string of the molecule is COc1ccc(N=C2CCCC(NC(=O)c3cccc(C)n3)/C2=C/N)cc1. The first kappa shape index (κ1) is 18.6. The molecule has 0 spiro atoms. The molecule has 2 aromatic rings. The number of aryl methyl sites for hydroxylation is 1. The van der Waals surface area contributed by atoms with Crippen molar-refractivity contribution in [1.29, 1.82) is 0 Å². The van der Waals surface area contributed by atoms with E-state index in [2.05, 4.69) is 10.3 Å². The second kappa shape index (κ2) is 8.49. The van der Waals surface area contributed by atoms with E-state index in [9.17, 15) is 4.79 Å². The van der Waals surface area contributed by atoms with Crippen LogP contribution in [0.25, 0.3) is 0 Å². The lowest BCUT2D eigenvalue weighted by Crippen LogP contribution is -2.41. The number of nitrogens with two attached hydrogens (primary N) is 1. The van der Waals surface area contributed by atoms with E-state index in [1.165, 1.54) is 0 Å². The smallest absolute Gasteiger partial charge is 0.270 e. The number of aromatic nitrogens is 1. The van der Waals surface area contributed by atoms with Gasteiger partial charge in [0.25, 0.3) is 5.91 Å². The lowest BCUT2D eigenvalue weighted by molar-refractivity contribution is 0.0935. The molecule has 0 bridgehead atoms. The van der Waals surface area contributed by atoms with Gasteiger partial charge in [-0.1, -0.05) is 6.07 Å². The van der Waals surface area contributed by atoms with Gasteiger partial charge < -0.3 is 15.8 Å². The third kappa shape index (κ3) is 4.53. The number of carbonyl (C=O) groups is 1. The van der Waals surface area contributed by atoms with Crippen molar-refractivity contribution in [2.24, 2.45) is 10.7 Å². The highest BCUT2D eigenvalue weighted by Crippen LogP contribution is 2.26. The number of carbonyl (C=O) groups excluding carboxylic acids is 1. The van der Waals surface area contributed by atoms with E-state index in [1.807, 2.05) is 43.3 Å². The van der Waals surface area contributed by atoms with Crippen molar-refractivity contribution in [3.63, 3.8) is 0 Å². The van der Waals surface area contributed by atoms with Gasteiger partial charge in [-0.25, -0.2) is 4.98 Å². The van der Waals surface area contributed by atoms with E-state index in [0.29, 0.717) is 5.69 Å². The molecule has 1 aromatic carbocycles. The standard InChI is InChI=1S/C21H24N4O2/c1-14-5-3-8-20(23-14)21(26)25-19-7-4-6-18(17(19)13-22)24-15-9-11-16(27-2)12-10-15/h3,5,8-13,19H,4,6-7,22H2,1-2H3,(H,25,26)/b17-13+,24-18?. The summed E-state index contributed by atoms with van der Waals surface area (Å²) in [7, 11) is 1.63. The average molecular weight is 364 g/mol. The third-order valence-corrected chi connectivity index (χ3v) is 4.56. The predicted octanol–water partition coefficient (Wildman–Crippen LogP) is 3.30. The minimum atomic E-state index is -0.200. The number of hydrogen-bond acceptors (Lipinski definition) is 5. The maximum Gasteiger partial charge on any atom is 0.270 e. The molecule has 6 heteroatoms. The van der Waals surface area contributed by atoms with Crippen LogP contribution in [0.2, 0.25) is 0 Å². The van der Waals surface area contributed by atoms with Crippen LogP contribution in [0.4, 0.5) is 5.69 Å². The first-order chi connectivity index (χ1) is 13.1. The molecule has 1 amide bonds. The van der Waals surface area contributed by atoms with Crippen LogP contribution in [0, 0.1) is 6.92 Å². The van der Waals surface area contributed by atoms with Gasteiger partial charge in [-0.2, -0.15) is 0 Å². The fourth-order valence-electron chi connectivity index (χ4n) is 3.17. The summed E-state index contributed by atoms with van der Waals surface area (Å²) in [5, 5.41) is 3.05. The molecule has 1 atom stereocenters. The van der Waals surface area contributed by atoms with Crippen LogP contribution in [-0.4, -0.2) is 29.8 Å². The molecule has 0 saturated heterocycles. The van der Waals surface area contributed by atoms with E-state index in [4.69, 9.17) is 15.5 Å². The van der Waals surface area contributed by atoms with Gasteiger partial charge >= 0.3 is 0 Å². The number of nitrogens with one attached hydrogen (secondary N) is 1. The molecular formula is C21H24N4O2. The number of methoxy groups -OCH3 is 1. The minimum Gasteiger partial charge on any atom is -0.497 e. The number of aliphatic imine (C=N–C) groups is 1. The van der Waals surface area contributed by atoms with Gasteiger partial charge in [0.2, 0.25) is 0 Å². The summed E-state index contributed by atoms with van der Waals surface area (Å²) in [6.07, 6.45) is 4.13. The van der Waals surface area contributed by atoms with E-state index in [0.717, 1.165) is 47.7 Å². The molecule has 140 valence electrons. The summed E-state index contributed by atoms with van der Waals surface area (Å²) in [4.78, 5) is 21.6. The quantitative estimate of drug-likeness (QED) is 0.871. The van der Waals surface area contributed by atoms with Crippen LogP contribution in [0.15, 0.2) is 59.2 Å². The summed E-state index contributed by atoms with van der Waals surface area (Å²) < 4.78 is 5.18. The van der Waals surface area contributed by atoms with Gasteiger partial charge in [0.1, 0.15) is 11.4 Å². The van der Waals surface area contributed by atoms with Crippen LogP contribution in [-0.2, 0) is 0 Å². The van der Waals surface area contributed by atoms with Crippen molar-refractivity contribution in [2.75, 3.05) is 7.11 Å². The maximum atomic E-state index is 12.6. The van der Waals surface area contributed by atoms with Gasteiger partial charge in [-0.15, -0.1) is 0 Å². The van der Waals surface area contributed by atoms with Crippen LogP contribution in [0.1, 0.15) is 35.4 Å². The summed E-state index contributed by atoms with van der Waals surface area (Å²) in [5.41, 5.74) is 9.70.